The fraction of sp³-hybridized carbons (Fsp3) is 0.603. The van der Waals surface area contributed by atoms with Gasteiger partial charge in [0.15, 0.2) is 16.9 Å². The fourth-order valence-electron chi connectivity index (χ4n) is 10.7. The number of amides is 10. The molecule has 3 aromatic rings. The van der Waals surface area contributed by atoms with Crippen molar-refractivity contribution in [2.45, 2.75) is 219 Å². The Kier molecular flexibility index (Phi) is 43.8. The molecule has 51 nitrogen and oxygen atoms in total. The van der Waals surface area contributed by atoms with Gasteiger partial charge in [-0.05, 0) is 76.1 Å². The van der Waals surface area contributed by atoms with Crippen molar-refractivity contribution in [3.63, 3.8) is 0 Å². The Hall–Kier alpha value is -11.3. The maximum Gasteiger partial charge on any atom is 0.326 e. The lowest BCUT2D eigenvalue weighted by atomic mass is 10.0. The Balaban J connectivity index is 2.03. The van der Waals surface area contributed by atoms with Crippen LogP contribution in [-0.2, 0) is 73.7 Å². The molecule has 0 fully saturated rings. The van der Waals surface area contributed by atoms with Crippen molar-refractivity contribution in [1.29, 1.82) is 0 Å². The van der Waals surface area contributed by atoms with E-state index in [1.165, 1.54) is 30.5 Å². The van der Waals surface area contributed by atoms with E-state index in [4.69, 9.17) is 10.8 Å². The molecule has 0 saturated carbocycles. The van der Waals surface area contributed by atoms with Crippen LogP contribution in [-0.4, -0.2) is 361 Å². The second-order valence-electron chi connectivity index (χ2n) is 27.1. The number of carbonyl (C=O) groups is 15. The SMILES string of the molecule is CC(=O)[C@H](CCC(=O)NC[C@H](O)[C@@H](O)[C@H](O)[C@H](O)CO)NC(=O)[C@H](CCC(=O)O)NC(=O)[C@H](CCC(=O)NC[C@H](O)[C@@H](O)[C@H](O)[C@H](O)CO)NC(=O)[C@H](CCC(=O)O)NC(=O)[C@H](CCC(=O)NC[C@H](O)[C@@H](O)[C@H](O)[C@H](O)CO)NC(=O)[C@H](CCC(=O)O)NC(=O)CC[C@H](NC(=O)c1ccc(NCc2cnc3nc(N)[nH]c(=O)c3n2)cc1)C(=O)O. The zero-order valence-corrected chi connectivity index (χ0v) is 63.7. The molecule has 1 aromatic carbocycles. The molecule has 0 saturated heterocycles. The van der Waals surface area contributed by atoms with Gasteiger partial charge < -0.3 is 161 Å². The molecule has 664 valence electrons. The van der Waals surface area contributed by atoms with Crippen LogP contribution in [0.1, 0.15) is 113 Å². The molecule has 51 heteroatoms. The van der Waals surface area contributed by atoms with Gasteiger partial charge in [0.1, 0.15) is 91.2 Å². The molecule has 0 radical (unpaired) electrons. The number of carboxylic acids is 4. The number of aliphatic carboxylic acids is 4. The lowest BCUT2D eigenvalue weighted by molar-refractivity contribution is -0.140. The number of hydrogen-bond donors (Lipinski definition) is 32. The maximum absolute atomic E-state index is 14.7. The normalized spacial score (nSPS) is 16.2. The number of anilines is 2. The number of aliphatic hydroxyl groups is 15. The minimum absolute atomic E-state index is 0.0101. The molecule has 2 heterocycles. The van der Waals surface area contributed by atoms with Gasteiger partial charge in [0.25, 0.3) is 11.5 Å². The first-order chi connectivity index (χ1) is 55.9. The number of rotatable bonds is 57. The third-order valence-electron chi connectivity index (χ3n) is 17.8. The quantitative estimate of drug-likeness (QED) is 0.0249. The van der Waals surface area contributed by atoms with Gasteiger partial charge in [-0.3, -0.25) is 76.9 Å². The Morgan fingerprint density at radius 1 is 0.403 bits per heavy atom. The number of nitrogen functional groups attached to an aromatic ring is 1. The van der Waals surface area contributed by atoms with Crippen LogP contribution in [0, 0.1) is 0 Å². The molecule has 0 unspecified atom stereocenters. The van der Waals surface area contributed by atoms with Crippen LogP contribution in [0.4, 0.5) is 11.6 Å². The van der Waals surface area contributed by atoms with Gasteiger partial charge in [-0.2, -0.15) is 4.98 Å². The number of aromatic amines is 1. The summed E-state index contributed by atoms with van der Waals surface area (Å²) in [6.45, 7) is -4.97. The molecule has 119 heavy (non-hydrogen) atoms. The van der Waals surface area contributed by atoms with E-state index in [1.807, 2.05) is 0 Å². The van der Waals surface area contributed by atoms with Crippen LogP contribution < -0.4 is 69.8 Å². The molecule has 10 amide bonds. The van der Waals surface area contributed by atoms with Gasteiger partial charge >= 0.3 is 23.9 Å². The summed E-state index contributed by atoms with van der Waals surface area (Å²) in [6, 6.07) is -8.82. The average Bonchev–Trinajstić information content (AvgIpc) is 0.811. The first-order valence-electron chi connectivity index (χ1n) is 36.6. The number of carboxylic acid groups (broad SMARTS) is 4. The number of benzene rings is 1. The van der Waals surface area contributed by atoms with E-state index < -0.39 is 339 Å². The molecular formula is C68H102N16O35. The first-order valence-corrected chi connectivity index (χ1v) is 36.6. The Bertz CT molecular complexity index is 4000. The highest BCUT2D eigenvalue weighted by atomic mass is 16.4. The average molecular weight is 1700 g/mol. The highest BCUT2D eigenvalue weighted by Crippen LogP contribution is 2.17. The summed E-state index contributed by atoms with van der Waals surface area (Å²) in [6.07, 6.45) is -36.0. The summed E-state index contributed by atoms with van der Waals surface area (Å²) in [7, 11) is 0. The van der Waals surface area contributed by atoms with Crippen LogP contribution in [0.5, 0.6) is 0 Å². The number of aromatic nitrogens is 4. The summed E-state index contributed by atoms with van der Waals surface area (Å²) < 4.78 is 0. The molecule has 3 rings (SSSR count). The number of nitrogens with two attached hydrogens (primary N) is 1. The molecule has 0 aliphatic heterocycles. The van der Waals surface area contributed by atoms with Crippen LogP contribution in [0.15, 0.2) is 35.3 Å². The number of nitrogens with one attached hydrogen (secondary N) is 12. The van der Waals surface area contributed by atoms with E-state index >= 15 is 0 Å². The number of Topliss-reactive ketones (excluding diaryl/α,β-unsaturated/α-hetero) is 1. The van der Waals surface area contributed by atoms with E-state index in [1.54, 1.807) is 0 Å². The monoisotopic (exact) mass is 1700 g/mol. The highest BCUT2D eigenvalue weighted by Gasteiger charge is 2.38. The van der Waals surface area contributed by atoms with Crippen molar-refractivity contribution < 1.29 is 169 Å². The van der Waals surface area contributed by atoms with Crippen molar-refractivity contribution in [2.24, 2.45) is 0 Å². The molecule has 0 spiro atoms. The summed E-state index contributed by atoms with van der Waals surface area (Å²) in [5, 5.41) is 212. The Morgan fingerprint density at radius 2 is 0.723 bits per heavy atom. The third-order valence-corrected chi connectivity index (χ3v) is 17.8. The number of aliphatic hydroxyl groups excluding tert-OH is 15. The molecule has 19 atom stereocenters. The van der Waals surface area contributed by atoms with Gasteiger partial charge in [-0.1, -0.05) is 0 Å². The topological polar surface area (TPSA) is 870 Å². The fourth-order valence-corrected chi connectivity index (χ4v) is 10.7. The lowest BCUT2D eigenvalue weighted by Crippen LogP contribution is -2.59. The minimum atomic E-state index is -2.25. The van der Waals surface area contributed by atoms with Gasteiger partial charge in [0.05, 0.1) is 62.6 Å². The summed E-state index contributed by atoms with van der Waals surface area (Å²) >= 11 is 0. The smallest absolute Gasteiger partial charge is 0.326 e. The number of nitrogens with zero attached hydrogens (tertiary/aromatic N) is 3. The number of H-pyrrole nitrogens is 1. The van der Waals surface area contributed by atoms with Crippen molar-refractivity contribution in [3.05, 3.63) is 52.1 Å². The van der Waals surface area contributed by atoms with Crippen LogP contribution in [0.3, 0.4) is 0 Å². The predicted octanol–water partition coefficient (Wildman–Crippen LogP) is -14.0. The molecule has 2 aromatic heterocycles. The Labute approximate surface area is 673 Å². The molecule has 0 aliphatic carbocycles. The molecule has 0 bridgehead atoms. The zero-order chi connectivity index (χ0) is 89.7. The van der Waals surface area contributed by atoms with E-state index in [0.717, 1.165) is 6.92 Å². The van der Waals surface area contributed by atoms with E-state index in [-0.39, 0.29) is 29.2 Å². The standard InChI is InChI=1S/C68H102N16O35/c1-28(88)32(6-13-45(95)71-22-39(89)53(105)56(108)42(92)25-85)77-62(113)36(11-18-50(101)102)80-64(115)35(8-15-47(97)73-24-41(91)55(107)58(110)44(94)27-87)79-65(116)37(12-19-51(103)104)81-63(114)34(7-14-46(96)72-23-40(90)54(106)57(109)43(93)26-86)78-61(112)33(10-17-49(99)100)76-48(98)16-9-38(67(118)119)82-60(111)29-2-4-30(5-3-29)70-20-31-21-74-59-52(75-31)66(117)84-68(69)83-59/h2-5,21,32-44,53-58,70,85-87,89-94,105-110H,6-20,22-27H2,1H3,(H,71,95)(H,72,96)(H,73,97)(H,76,98)(H,77,113)(H,78,112)(H,79,116)(H,80,115)(H,81,114)(H,82,111)(H,99,100)(H,101,102)(H,103,104)(H,118,119)(H3,69,74,83,84,117)/t32-,33-,34-,35-,36-,37-,38-,39-,40-,41-,42+,43+,44+,53+,54+,55+,56+,57+,58+/m0/s1. The molecular weight excluding hydrogens is 1600 g/mol. The van der Waals surface area contributed by atoms with E-state index in [2.05, 4.69) is 78.4 Å². The highest BCUT2D eigenvalue weighted by molar-refractivity contribution is 5.99. The summed E-state index contributed by atoms with van der Waals surface area (Å²) in [4.78, 5) is 227. The number of carbonyl (C=O) groups excluding carboxylic acids is 11. The lowest BCUT2D eigenvalue weighted by Gasteiger charge is -2.28. The zero-order valence-electron chi connectivity index (χ0n) is 63.7. The second-order valence-corrected chi connectivity index (χ2v) is 27.1. The van der Waals surface area contributed by atoms with E-state index in [0.29, 0.717) is 11.4 Å². The van der Waals surface area contributed by atoms with Crippen molar-refractivity contribution in [3.8, 4) is 0 Å². The number of fused-ring (bicyclic) bond motifs is 1. The minimum Gasteiger partial charge on any atom is -0.481 e. The third kappa shape index (κ3) is 35.8. The van der Waals surface area contributed by atoms with Crippen LogP contribution in [0.25, 0.3) is 11.2 Å². The molecule has 33 N–H and O–H groups in total. The van der Waals surface area contributed by atoms with Crippen molar-refractivity contribution in [1.82, 2.24) is 73.1 Å². The van der Waals surface area contributed by atoms with Crippen LogP contribution >= 0.6 is 0 Å². The maximum atomic E-state index is 14.7. The van der Waals surface area contributed by atoms with E-state index in [9.17, 15) is 169 Å². The van der Waals surface area contributed by atoms with Crippen LogP contribution in [0.2, 0.25) is 0 Å². The van der Waals surface area contributed by atoms with Gasteiger partial charge in [-0.25, -0.2) is 14.8 Å². The number of hydrogen-bond acceptors (Lipinski definition) is 36. The summed E-state index contributed by atoms with van der Waals surface area (Å²) in [5.74, 6) is -20.5. The second kappa shape index (κ2) is 51.1. The largest absolute Gasteiger partial charge is 0.481 e. The summed E-state index contributed by atoms with van der Waals surface area (Å²) in [5.41, 5.74) is 5.39. The Morgan fingerprint density at radius 3 is 1.07 bits per heavy atom. The molecule has 0 aliphatic rings. The predicted molar refractivity (Wildman–Crippen MR) is 397 cm³/mol. The van der Waals surface area contributed by atoms with Crippen molar-refractivity contribution in [2.75, 3.05) is 50.5 Å². The van der Waals surface area contributed by atoms with Gasteiger partial charge in [0, 0.05) is 75.8 Å². The van der Waals surface area contributed by atoms with Crippen molar-refractivity contribution >= 4 is 112 Å². The van der Waals surface area contributed by atoms with Gasteiger partial charge in [-0.15, -0.1) is 0 Å². The van der Waals surface area contributed by atoms with Gasteiger partial charge in [0.2, 0.25) is 59.1 Å². The first kappa shape index (κ1) is 102. The number of ketones is 1.